The van der Waals surface area contributed by atoms with Crippen molar-refractivity contribution in [3.8, 4) is 0 Å². The second-order valence-corrected chi connectivity index (χ2v) is 8.44. The number of carbonyl (C=O) groups excluding carboxylic acids is 1. The van der Waals surface area contributed by atoms with E-state index in [0.717, 1.165) is 11.4 Å². The van der Waals surface area contributed by atoms with Gasteiger partial charge in [0.1, 0.15) is 0 Å². The molecule has 1 aromatic carbocycles. The Labute approximate surface area is 180 Å². The zero-order valence-corrected chi connectivity index (χ0v) is 18.0. The molecule has 162 valence electrons. The molecule has 1 amide bonds. The highest BCUT2D eigenvalue weighted by atomic mass is 32.2. The highest BCUT2D eigenvalue weighted by Gasteiger charge is 2.15. The van der Waals surface area contributed by atoms with Gasteiger partial charge in [-0.3, -0.25) is 4.79 Å². The minimum Gasteiger partial charge on any atom is -0.354 e. The number of nitrogens with one attached hydrogen (secondary N) is 3. The molecule has 0 radical (unpaired) electrons. The molecule has 0 saturated carbocycles. The van der Waals surface area contributed by atoms with Gasteiger partial charge < -0.3 is 10.6 Å². The molecule has 0 saturated heterocycles. The summed E-state index contributed by atoms with van der Waals surface area (Å²) in [7, 11) is -3.82. The monoisotopic (exact) mass is 441 g/mol. The maximum absolute atomic E-state index is 12.4. The molecule has 0 atom stereocenters. The Morgan fingerprint density at radius 3 is 2.26 bits per heavy atom. The van der Waals surface area contributed by atoms with Crippen molar-refractivity contribution in [2.45, 2.75) is 31.6 Å². The Balaban J connectivity index is 1.47. The number of sulfonamides is 1. The Hall–Kier alpha value is -3.60. The molecule has 2 heterocycles. The first-order chi connectivity index (χ1) is 14.8. The molecule has 2 aromatic heterocycles. The second kappa shape index (κ2) is 9.94. The number of carbonyl (C=O) groups is 1. The average Bonchev–Trinajstić information content (AvgIpc) is 2.71. The third-order valence-corrected chi connectivity index (χ3v) is 5.43. The number of nitrogens with zero attached hydrogens (tertiary/aromatic N) is 4. The van der Waals surface area contributed by atoms with Gasteiger partial charge in [0, 0.05) is 42.4 Å². The summed E-state index contributed by atoms with van der Waals surface area (Å²) in [5.41, 5.74) is 2.26. The van der Waals surface area contributed by atoms with Crippen LogP contribution in [0.25, 0.3) is 0 Å². The summed E-state index contributed by atoms with van der Waals surface area (Å²) in [5.74, 6) is 0.360. The number of aryl methyl sites for hydroxylation is 2. The van der Waals surface area contributed by atoms with Crippen LogP contribution in [0.2, 0.25) is 0 Å². The zero-order valence-electron chi connectivity index (χ0n) is 17.2. The van der Waals surface area contributed by atoms with E-state index in [-0.39, 0.29) is 16.8 Å². The number of anilines is 3. The summed E-state index contributed by atoms with van der Waals surface area (Å²) in [6.45, 7) is 4.35. The predicted octanol–water partition coefficient (Wildman–Crippen LogP) is 2.52. The van der Waals surface area contributed by atoms with Gasteiger partial charge in [0.25, 0.3) is 10.0 Å². The maximum atomic E-state index is 12.4. The standard InChI is InChI=1S/C20H23N7O3S/c1-14-13-15(2)25-20(24-14)23-10-3-5-18(28)26-16-6-8-17(9-7-16)31(29,30)27-19-21-11-4-12-22-19/h4,6-9,11-13H,3,5,10H2,1-2H3,(H,26,28)(H,21,22,27)(H,23,24,25). The molecule has 10 nitrogen and oxygen atoms in total. The lowest BCUT2D eigenvalue weighted by Crippen LogP contribution is -2.16. The first kappa shape index (κ1) is 22.1. The van der Waals surface area contributed by atoms with E-state index in [0.29, 0.717) is 31.0 Å². The summed E-state index contributed by atoms with van der Waals surface area (Å²) in [4.78, 5) is 28.4. The zero-order chi connectivity index (χ0) is 22.3. The summed E-state index contributed by atoms with van der Waals surface area (Å²) in [6.07, 6.45) is 3.77. The third kappa shape index (κ3) is 6.71. The summed E-state index contributed by atoms with van der Waals surface area (Å²) in [5, 5.41) is 5.85. The van der Waals surface area contributed by atoms with Crippen molar-refractivity contribution in [3.63, 3.8) is 0 Å². The number of hydrogen-bond donors (Lipinski definition) is 3. The fourth-order valence-electron chi connectivity index (χ4n) is 2.73. The van der Waals surface area contributed by atoms with E-state index in [1.165, 1.54) is 36.7 Å². The van der Waals surface area contributed by atoms with Crippen LogP contribution < -0.4 is 15.4 Å². The highest BCUT2D eigenvalue weighted by molar-refractivity contribution is 7.92. The van der Waals surface area contributed by atoms with Crippen molar-refractivity contribution < 1.29 is 13.2 Å². The van der Waals surface area contributed by atoms with Crippen LogP contribution in [0.15, 0.2) is 53.7 Å². The Bertz CT molecular complexity index is 1120. The Morgan fingerprint density at radius 2 is 1.61 bits per heavy atom. The molecule has 0 fully saturated rings. The van der Waals surface area contributed by atoms with Crippen molar-refractivity contribution in [2.24, 2.45) is 0 Å². The van der Waals surface area contributed by atoms with Crippen LogP contribution in [0, 0.1) is 13.8 Å². The van der Waals surface area contributed by atoms with Crippen LogP contribution in [0.4, 0.5) is 17.6 Å². The third-order valence-electron chi connectivity index (χ3n) is 4.09. The summed E-state index contributed by atoms with van der Waals surface area (Å²) < 4.78 is 27.0. The van der Waals surface area contributed by atoms with Gasteiger partial charge in [0.15, 0.2) is 0 Å². The molecule has 0 aliphatic heterocycles. The SMILES string of the molecule is Cc1cc(C)nc(NCCCC(=O)Nc2ccc(S(=O)(=O)Nc3ncccn3)cc2)n1. The fourth-order valence-corrected chi connectivity index (χ4v) is 3.68. The molecule has 0 aliphatic carbocycles. The number of aromatic nitrogens is 4. The first-order valence-corrected chi connectivity index (χ1v) is 11.1. The van der Waals surface area contributed by atoms with E-state index >= 15 is 0 Å². The van der Waals surface area contributed by atoms with Gasteiger partial charge >= 0.3 is 0 Å². The number of amides is 1. The number of rotatable bonds is 9. The van der Waals surface area contributed by atoms with Crippen LogP contribution in [-0.2, 0) is 14.8 Å². The minimum absolute atomic E-state index is 0.0142. The normalized spacial score (nSPS) is 11.0. The van der Waals surface area contributed by atoms with E-state index < -0.39 is 10.0 Å². The quantitative estimate of drug-likeness (QED) is 0.431. The van der Waals surface area contributed by atoms with Gasteiger partial charge in [-0.1, -0.05) is 0 Å². The van der Waals surface area contributed by atoms with Crippen LogP contribution in [0.3, 0.4) is 0 Å². The summed E-state index contributed by atoms with van der Waals surface area (Å²) in [6, 6.07) is 9.34. The van der Waals surface area contributed by atoms with Crippen molar-refractivity contribution in [1.82, 2.24) is 19.9 Å². The average molecular weight is 442 g/mol. The molecular formula is C20H23N7O3S. The molecule has 3 aromatic rings. The summed E-state index contributed by atoms with van der Waals surface area (Å²) >= 11 is 0. The van der Waals surface area contributed by atoms with Gasteiger partial charge in [-0.2, -0.15) is 0 Å². The van der Waals surface area contributed by atoms with Gasteiger partial charge in [-0.05, 0) is 56.7 Å². The topological polar surface area (TPSA) is 139 Å². The maximum Gasteiger partial charge on any atom is 0.264 e. The van der Waals surface area contributed by atoms with Gasteiger partial charge in [0.05, 0.1) is 4.90 Å². The van der Waals surface area contributed by atoms with Gasteiger partial charge in [-0.15, -0.1) is 0 Å². The predicted molar refractivity (Wildman–Crippen MR) is 117 cm³/mol. The largest absolute Gasteiger partial charge is 0.354 e. The first-order valence-electron chi connectivity index (χ1n) is 9.58. The molecular weight excluding hydrogens is 418 g/mol. The van der Waals surface area contributed by atoms with Crippen LogP contribution in [0.1, 0.15) is 24.2 Å². The molecule has 0 unspecified atom stereocenters. The molecule has 11 heteroatoms. The van der Waals surface area contributed by atoms with Crippen molar-refractivity contribution in [3.05, 3.63) is 60.2 Å². The van der Waals surface area contributed by atoms with Gasteiger partial charge in [0.2, 0.25) is 17.8 Å². The Kier molecular flexibility index (Phi) is 7.08. The second-order valence-electron chi connectivity index (χ2n) is 6.76. The fraction of sp³-hybridized carbons (Fsp3) is 0.250. The van der Waals surface area contributed by atoms with Crippen molar-refractivity contribution in [1.29, 1.82) is 0 Å². The molecule has 3 N–H and O–H groups in total. The lowest BCUT2D eigenvalue weighted by molar-refractivity contribution is -0.116. The smallest absolute Gasteiger partial charge is 0.264 e. The molecule has 3 rings (SSSR count). The van der Waals surface area contributed by atoms with E-state index in [9.17, 15) is 13.2 Å². The Morgan fingerprint density at radius 1 is 0.968 bits per heavy atom. The van der Waals surface area contributed by atoms with E-state index in [1.807, 2.05) is 19.9 Å². The molecule has 0 spiro atoms. The van der Waals surface area contributed by atoms with Crippen LogP contribution in [0.5, 0.6) is 0 Å². The van der Waals surface area contributed by atoms with Gasteiger partial charge in [-0.25, -0.2) is 33.1 Å². The highest BCUT2D eigenvalue weighted by Crippen LogP contribution is 2.16. The van der Waals surface area contributed by atoms with E-state index in [4.69, 9.17) is 0 Å². The van der Waals surface area contributed by atoms with E-state index in [2.05, 4.69) is 35.3 Å². The minimum atomic E-state index is -3.82. The molecule has 0 aliphatic rings. The number of hydrogen-bond acceptors (Lipinski definition) is 8. The van der Waals surface area contributed by atoms with Crippen LogP contribution in [-0.4, -0.2) is 40.8 Å². The van der Waals surface area contributed by atoms with E-state index in [1.54, 1.807) is 6.07 Å². The number of benzene rings is 1. The molecule has 31 heavy (non-hydrogen) atoms. The lowest BCUT2D eigenvalue weighted by atomic mass is 10.2. The molecule has 0 bridgehead atoms. The van der Waals surface area contributed by atoms with Crippen LogP contribution >= 0.6 is 0 Å². The lowest BCUT2D eigenvalue weighted by Gasteiger charge is -2.09. The van der Waals surface area contributed by atoms with Crippen molar-refractivity contribution >= 4 is 33.5 Å². The van der Waals surface area contributed by atoms with Crippen molar-refractivity contribution in [2.75, 3.05) is 21.9 Å².